The van der Waals surface area contributed by atoms with Crippen LogP contribution >= 0.6 is 35.7 Å². The maximum atomic E-state index is 13.3. The number of aliphatic hydroxyl groups is 2. The summed E-state index contributed by atoms with van der Waals surface area (Å²) in [5.74, 6) is -0.0646. The summed E-state index contributed by atoms with van der Waals surface area (Å²) in [4.78, 5) is 29.1. The Labute approximate surface area is 224 Å². The molecule has 1 aromatic heterocycles. The molecule has 4 rings (SSSR count). The molecule has 1 amide bonds. The summed E-state index contributed by atoms with van der Waals surface area (Å²) in [5, 5.41) is 18.4. The largest absolute Gasteiger partial charge is 0.465 e. The molecule has 1 saturated carbocycles. The van der Waals surface area contributed by atoms with E-state index in [4.69, 9.17) is 21.4 Å². The first-order valence-corrected chi connectivity index (χ1v) is 14.3. The Morgan fingerprint density at radius 3 is 2.69 bits per heavy atom. The summed E-state index contributed by atoms with van der Waals surface area (Å²) < 4.78 is 11.8. The van der Waals surface area contributed by atoms with Gasteiger partial charge in [0.25, 0.3) is 5.91 Å². The smallest absolute Gasteiger partial charge is 0.309 e. The second kappa shape index (κ2) is 12.4. The number of carbonyl (C=O) groups is 2. The van der Waals surface area contributed by atoms with Crippen molar-refractivity contribution in [1.82, 2.24) is 4.90 Å². The van der Waals surface area contributed by atoms with Crippen molar-refractivity contribution in [2.24, 2.45) is 11.8 Å². The molecule has 1 aliphatic heterocycles. The van der Waals surface area contributed by atoms with Gasteiger partial charge in [0.1, 0.15) is 15.8 Å². The summed E-state index contributed by atoms with van der Waals surface area (Å²) in [7, 11) is 0. The number of ether oxygens (including phenoxy) is 1. The van der Waals surface area contributed by atoms with E-state index in [1.54, 1.807) is 22.7 Å². The average molecular weight is 548 g/mol. The molecule has 7 nitrogen and oxygen atoms in total. The van der Waals surface area contributed by atoms with E-state index >= 15 is 0 Å². The minimum absolute atomic E-state index is 0.0242. The predicted octanol–water partition coefficient (Wildman–Crippen LogP) is 4.57. The van der Waals surface area contributed by atoms with Crippen LogP contribution in [0.25, 0.3) is 17.4 Å². The maximum absolute atomic E-state index is 13.3. The van der Waals surface area contributed by atoms with Crippen LogP contribution in [0.15, 0.2) is 50.6 Å². The SMILES string of the molecule is CSc1ccc(-c2ccc(/C=C3/SC(=S)N(C4CCCC(C(=O)OCC(CO)CO)C4)C3=O)o2)cc1. The highest BCUT2D eigenvalue weighted by molar-refractivity contribution is 8.26. The standard InChI is InChI=1S/C26H29NO6S3/c1-35-21-8-5-17(6-9-21)22-10-7-20(33-22)12-23-24(30)27(26(34)36-23)19-4-2-3-18(11-19)25(31)32-15-16(13-28)14-29/h5-10,12,16,18-19,28-29H,2-4,11,13-15H2,1H3/b23-12+. The Morgan fingerprint density at radius 1 is 1.25 bits per heavy atom. The molecule has 2 aromatic rings. The van der Waals surface area contributed by atoms with Crippen LogP contribution < -0.4 is 0 Å². The minimum atomic E-state index is -0.484. The molecule has 0 bridgehead atoms. The third-order valence-electron chi connectivity index (χ3n) is 6.42. The van der Waals surface area contributed by atoms with Crippen LogP contribution in [0.4, 0.5) is 0 Å². The molecule has 0 spiro atoms. The third-order valence-corrected chi connectivity index (χ3v) is 8.49. The molecule has 2 N–H and O–H groups in total. The van der Waals surface area contributed by atoms with Gasteiger partial charge in [-0.1, -0.05) is 42.5 Å². The van der Waals surface area contributed by atoms with E-state index in [1.165, 1.54) is 16.7 Å². The van der Waals surface area contributed by atoms with Gasteiger partial charge in [-0.05, 0) is 49.8 Å². The number of nitrogens with zero attached hydrogens (tertiary/aromatic N) is 1. The monoisotopic (exact) mass is 547 g/mol. The number of hydrogen-bond donors (Lipinski definition) is 2. The molecule has 36 heavy (non-hydrogen) atoms. The fourth-order valence-electron chi connectivity index (χ4n) is 4.36. The van der Waals surface area contributed by atoms with Crippen molar-refractivity contribution in [3.8, 4) is 11.3 Å². The summed E-state index contributed by atoms with van der Waals surface area (Å²) in [6, 6.07) is 11.6. The first-order chi connectivity index (χ1) is 17.4. The lowest BCUT2D eigenvalue weighted by Crippen LogP contribution is -2.43. The van der Waals surface area contributed by atoms with Crippen molar-refractivity contribution in [3.63, 3.8) is 0 Å². The summed E-state index contributed by atoms with van der Waals surface area (Å²) in [5.41, 5.74) is 0.962. The normalized spacial score (nSPS) is 21.6. The molecule has 10 heteroatoms. The number of thioether (sulfide) groups is 2. The topological polar surface area (TPSA) is 100 Å². The van der Waals surface area contributed by atoms with Crippen LogP contribution in [-0.2, 0) is 14.3 Å². The van der Waals surface area contributed by atoms with Gasteiger partial charge in [0, 0.05) is 28.5 Å². The van der Waals surface area contributed by atoms with Crippen molar-refractivity contribution in [2.75, 3.05) is 26.1 Å². The van der Waals surface area contributed by atoms with Crippen molar-refractivity contribution in [1.29, 1.82) is 0 Å². The minimum Gasteiger partial charge on any atom is -0.465 e. The Hall–Kier alpha value is -2.11. The zero-order valence-electron chi connectivity index (χ0n) is 19.9. The quantitative estimate of drug-likeness (QED) is 0.202. The van der Waals surface area contributed by atoms with Gasteiger partial charge in [-0.15, -0.1) is 11.8 Å². The average Bonchev–Trinajstić information content (AvgIpc) is 3.48. The first kappa shape index (κ1) is 26.9. The van der Waals surface area contributed by atoms with Gasteiger partial charge in [-0.25, -0.2) is 0 Å². The summed E-state index contributed by atoms with van der Waals surface area (Å²) >= 11 is 8.46. The van der Waals surface area contributed by atoms with Gasteiger partial charge in [-0.3, -0.25) is 14.5 Å². The third kappa shape index (κ3) is 6.23. The number of aliphatic hydroxyl groups excluding tert-OH is 2. The van der Waals surface area contributed by atoms with Crippen LogP contribution in [-0.4, -0.2) is 63.4 Å². The molecule has 2 atom stereocenters. The Bertz CT molecular complexity index is 1120. The highest BCUT2D eigenvalue weighted by atomic mass is 32.2. The summed E-state index contributed by atoms with van der Waals surface area (Å²) in [6.45, 7) is -0.521. The van der Waals surface area contributed by atoms with Crippen molar-refractivity contribution >= 4 is 58.0 Å². The van der Waals surface area contributed by atoms with Gasteiger partial charge in [0.05, 0.1) is 30.6 Å². The lowest BCUT2D eigenvalue weighted by molar-refractivity contribution is -0.153. The van der Waals surface area contributed by atoms with Crippen molar-refractivity contribution in [3.05, 3.63) is 47.1 Å². The predicted molar refractivity (Wildman–Crippen MR) is 145 cm³/mol. The first-order valence-electron chi connectivity index (χ1n) is 11.8. The van der Waals surface area contributed by atoms with E-state index < -0.39 is 5.92 Å². The second-order valence-corrected chi connectivity index (χ2v) is 11.4. The maximum Gasteiger partial charge on any atom is 0.309 e. The molecule has 2 heterocycles. The highest BCUT2D eigenvalue weighted by Crippen LogP contribution is 2.39. The number of rotatable bonds is 9. The number of furan rings is 1. The Balaban J connectivity index is 1.41. The molecule has 1 saturated heterocycles. The van der Waals surface area contributed by atoms with Crippen LogP contribution in [0.3, 0.4) is 0 Å². The van der Waals surface area contributed by atoms with Gasteiger partial charge in [0.2, 0.25) is 0 Å². The fraction of sp³-hybridized carbons (Fsp3) is 0.423. The van der Waals surface area contributed by atoms with E-state index in [2.05, 4.69) is 0 Å². The van der Waals surface area contributed by atoms with Crippen LogP contribution in [0.5, 0.6) is 0 Å². The lowest BCUT2D eigenvalue weighted by atomic mass is 9.85. The number of benzene rings is 1. The van der Waals surface area contributed by atoms with E-state index in [9.17, 15) is 19.8 Å². The lowest BCUT2D eigenvalue weighted by Gasteiger charge is -2.33. The Kier molecular flexibility index (Phi) is 9.30. The van der Waals surface area contributed by atoms with Crippen LogP contribution in [0, 0.1) is 11.8 Å². The number of carbonyl (C=O) groups excluding carboxylic acids is 2. The van der Waals surface area contributed by atoms with Crippen molar-refractivity contribution < 1.29 is 29.0 Å². The molecular weight excluding hydrogens is 518 g/mol. The van der Waals surface area contributed by atoms with E-state index in [0.717, 1.165) is 24.2 Å². The molecule has 0 radical (unpaired) electrons. The number of thiocarbonyl (C=S) groups is 1. The molecule has 2 aliphatic rings. The van der Waals surface area contributed by atoms with Gasteiger partial charge < -0.3 is 19.4 Å². The number of esters is 1. The molecule has 192 valence electrons. The number of hydrogen-bond acceptors (Lipinski definition) is 9. The molecule has 1 aromatic carbocycles. The highest BCUT2D eigenvalue weighted by Gasteiger charge is 2.41. The Morgan fingerprint density at radius 2 is 2.00 bits per heavy atom. The van der Waals surface area contributed by atoms with E-state index in [0.29, 0.717) is 27.8 Å². The molecular formula is C26H29NO6S3. The van der Waals surface area contributed by atoms with Gasteiger partial charge >= 0.3 is 5.97 Å². The van der Waals surface area contributed by atoms with Crippen molar-refractivity contribution in [2.45, 2.75) is 36.6 Å². The van der Waals surface area contributed by atoms with Gasteiger partial charge in [0.15, 0.2) is 0 Å². The molecule has 2 fully saturated rings. The second-order valence-electron chi connectivity index (χ2n) is 8.86. The zero-order valence-corrected chi connectivity index (χ0v) is 22.4. The fourth-order valence-corrected chi connectivity index (χ4v) is 6.15. The zero-order chi connectivity index (χ0) is 25.7. The molecule has 2 unspecified atom stereocenters. The summed E-state index contributed by atoms with van der Waals surface area (Å²) in [6.07, 6.45) is 6.44. The van der Waals surface area contributed by atoms with Crippen LogP contribution in [0.1, 0.15) is 31.4 Å². The van der Waals surface area contributed by atoms with Gasteiger partial charge in [-0.2, -0.15) is 0 Å². The molecule has 1 aliphatic carbocycles. The van der Waals surface area contributed by atoms with E-state index in [-0.39, 0.29) is 43.7 Å². The number of amides is 1. The van der Waals surface area contributed by atoms with Crippen LogP contribution in [0.2, 0.25) is 0 Å². The van der Waals surface area contributed by atoms with E-state index in [1.807, 2.05) is 42.7 Å².